The number of nitrogen functional groups attached to an aromatic ring is 1. The number of hydrogen-bond acceptors (Lipinski definition) is 4. The average molecular weight is 358 g/mol. The summed E-state index contributed by atoms with van der Waals surface area (Å²) < 4.78 is 1.79. The smallest absolute Gasteiger partial charge is 0.256 e. The Kier molecular flexibility index (Phi) is 3.56. The van der Waals surface area contributed by atoms with Crippen LogP contribution in [-0.4, -0.2) is 14.5 Å². The normalized spacial score (nSPS) is 13.2. The van der Waals surface area contributed by atoms with Crippen molar-refractivity contribution in [3.63, 3.8) is 0 Å². The van der Waals surface area contributed by atoms with Crippen LogP contribution >= 0.6 is 22.6 Å². The predicted molar refractivity (Wildman–Crippen MR) is 81.0 cm³/mol. The molecule has 0 aliphatic heterocycles. The number of halogens is 1. The van der Waals surface area contributed by atoms with Crippen molar-refractivity contribution in [1.82, 2.24) is 14.5 Å². The molecule has 18 heavy (non-hydrogen) atoms. The first-order chi connectivity index (χ1) is 8.43. The summed E-state index contributed by atoms with van der Waals surface area (Å²) in [5.41, 5.74) is 7.21. The molecular weight excluding hydrogens is 343 g/mol. The fourth-order valence-corrected chi connectivity index (χ4v) is 2.39. The molecule has 0 amide bonds. The second-order valence-electron chi connectivity index (χ2n) is 4.48. The Morgan fingerprint density at radius 3 is 2.56 bits per heavy atom. The number of anilines is 1. The van der Waals surface area contributed by atoms with Crippen LogP contribution in [0.3, 0.4) is 0 Å². The van der Waals surface area contributed by atoms with Gasteiger partial charge in [-0.3, -0.25) is 9.36 Å². The molecule has 2 aromatic heterocycles. The van der Waals surface area contributed by atoms with Crippen molar-refractivity contribution in [2.45, 2.75) is 30.7 Å². The maximum atomic E-state index is 12.4. The Labute approximate surface area is 119 Å². The van der Waals surface area contributed by atoms with Crippen LogP contribution in [0.4, 0.5) is 5.82 Å². The summed E-state index contributed by atoms with van der Waals surface area (Å²) in [5.74, 6) is 0.410. The molecule has 0 aliphatic carbocycles. The molecule has 0 aromatic carbocycles. The first kappa shape index (κ1) is 13.3. The first-order valence-corrected chi connectivity index (χ1v) is 6.97. The van der Waals surface area contributed by atoms with E-state index >= 15 is 0 Å². The van der Waals surface area contributed by atoms with Crippen LogP contribution in [0.2, 0.25) is 0 Å². The Morgan fingerprint density at radius 2 is 2.00 bits per heavy atom. The summed E-state index contributed by atoms with van der Waals surface area (Å²) >= 11 is 2.22. The average Bonchev–Trinajstić information content (AvgIpc) is 2.27. The van der Waals surface area contributed by atoms with Gasteiger partial charge in [-0.05, 0) is 26.8 Å². The van der Waals surface area contributed by atoms with E-state index in [2.05, 4.69) is 32.6 Å². The van der Waals surface area contributed by atoms with Crippen molar-refractivity contribution in [2.75, 3.05) is 5.73 Å². The van der Waals surface area contributed by atoms with E-state index in [4.69, 9.17) is 5.73 Å². The Balaban J connectivity index is 2.97. The number of aromatic nitrogens is 3. The van der Waals surface area contributed by atoms with Gasteiger partial charge in [0.15, 0.2) is 0 Å². The van der Waals surface area contributed by atoms with Crippen molar-refractivity contribution >= 4 is 39.4 Å². The molecule has 5 nitrogen and oxygen atoms in total. The lowest BCUT2D eigenvalue weighted by atomic mass is 10.1. The van der Waals surface area contributed by atoms with Gasteiger partial charge in [-0.2, -0.15) is 0 Å². The van der Waals surface area contributed by atoms with Gasteiger partial charge in [-0.1, -0.05) is 22.6 Å². The summed E-state index contributed by atoms with van der Waals surface area (Å²) in [4.78, 5) is 20.6. The lowest BCUT2D eigenvalue weighted by molar-refractivity contribution is 0.590. The highest BCUT2D eigenvalue weighted by Crippen LogP contribution is 2.25. The van der Waals surface area contributed by atoms with Gasteiger partial charge in [0.25, 0.3) is 5.56 Å². The molecule has 2 aromatic rings. The van der Waals surface area contributed by atoms with Gasteiger partial charge < -0.3 is 5.73 Å². The molecule has 0 saturated heterocycles. The summed E-state index contributed by atoms with van der Waals surface area (Å²) in [5, 5.41) is 0.740. The molecule has 0 fully saturated rings. The Hall–Kier alpha value is -1.18. The molecule has 6 heteroatoms. The van der Waals surface area contributed by atoms with Crippen LogP contribution < -0.4 is 11.3 Å². The maximum Gasteiger partial charge on any atom is 0.256 e. The summed E-state index contributed by atoms with van der Waals surface area (Å²) in [6, 6.07) is 1.84. The lowest BCUT2D eigenvalue weighted by Crippen LogP contribution is -2.26. The number of pyridine rings is 1. The van der Waals surface area contributed by atoms with E-state index in [0.29, 0.717) is 11.5 Å². The van der Waals surface area contributed by atoms with Crippen molar-refractivity contribution in [3.05, 3.63) is 28.3 Å². The summed E-state index contributed by atoms with van der Waals surface area (Å²) in [6.45, 7) is 5.90. The van der Waals surface area contributed by atoms with Crippen LogP contribution in [0.25, 0.3) is 11.0 Å². The summed E-state index contributed by atoms with van der Waals surface area (Å²) in [6.07, 6.45) is 1.39. The third kappa shape index (κ3) is 2.09. The van der Waals surface area contributed by atoms with Crippen molar-refractivity contribution in [3.8, 4) is 0 Å². The van der Waals surface area contributed by atoms with Gasteiger partial charge in [0, 0.05) is 15.5 Å². The fraction of sp³-hybridized carbons (Fsp3) is 0.417. The quantitative estimate of drug-likeness (QED) is 0.661. The van der Waals surface area contributed by atoms with E-state index in [1.165, 1.54) is 6.33 Å². The van der Waals surface area contributed by atoms with Gasteiger partial charge in [0.1, 0.15) is 17.8 Å². The second kappa shape index (κ2) is 4.83. The molecule has 0 radical (unpaired) electrons. The molecule has 2 rings (SSSR count). The minimum absolute atomic E-state index is 0.00231. The zero-order valence-electron chi connectivity index (χ0n) is 10.5. The topological polar surface area (TPSA) is 73.8 Å². The lowest BCUT2D eigenvalue weighted by Gasteiger charge is -2.16. The van der Waals surface area contributed by atoms with E-state index in [0.717, 1.165) is 10.9 Å². The highest BCUT2D eigenvalue weighted by atomic mass is 127. The van der Waals surface area contributed by atoms with E-state index < -0.39 is 0 Å². The highest BCUT2D eigenvalue weighted by Gasteiger charge is 2.16. The molecular formula is C12H15IN4O. The number of hydrogen-bond donors (Lipinski definition) is 1. The molecule has 0 bridgehead atoms. The monoisotopic (exact) mass is 358 g/mol. The molecule has 0 spiro atoms. The molecule has 2 N–H and O–H groups in total. The van der Waals surface area contributed by atoms with E-state index in [-0.39, 0.29) is 15.5 Å². The number of nitrogens with two attached hydrogens (primary N) is 1. The number of alkyl halides is 1. The van der Waals surface area contributed by atoms with Crippen molar-refractivity contribution < 1.29 is 0 Å². The van der Waals surface area contributed by atoms with E-state index in [1.54, 1.807) is 4.57 Å². The van der Waals surface area contributed by atoms with Crippen LogP contribution in [0.5, 0.6) is 0 Å². The molecule has 1 unspecified atom stereocenters. The van der Waals surface area contributed by atoms with E-state index in [9.17, 15) is 4.79 Å². The second-order valence-corrected chi connectivity index (χ2v) is 6.35. The summed E-state index contributed by atoms with van der Waals surface area (Å²) in [7, 11) is 0. The largest absolute Gasteiger partial charge is 0.383 e. The van der Waals surface area contributed by atoms with Gasteiger partial charge in [0.05, 0.1) is 5.39 Å². The SMILES string of the molecule is CC(I)c1cc2c(N)ncnc2n(C(C)C)c1=O. The number of nitrogens with zero attached hydrogens (tertiary/aromatic N) is 3. The minimum atomic E-state index is -0.00231. The zero-order valence-corrected chi connectivity index (χ0v) is 12.7. The minimum Gasteiger partial charge on any atom is -0.383 e. The fourth-order valence-electron chi connectivity index (χ4n) is 1.95. The molecule has 0 aliphatic rings. The van der Waals surface area contributed by atoms with Gasteiger partial charge in [-0.25, -0.2) is 9.97 Å². The third-order valence-corrected chi connectivity index (χ3v) is 3.50. The zero-order chi connectivity index (χ0) is 13.4. The van der Waals surface area contributed by atoms with Crippen LogP contribution in [0.1, 0.15) is 36.3 Å². The van der Waals surface area contributed by atoms with E-state index in [1.807, 2.05) is 26.8 Å². The third-order valence-electron chi connectivity index (χ3n) is 2.83. The van der Waals surface area contributed by atoms with Crippen LogP contribution in [-0.2, 0) is 0 Å². The number of rotatable bonds is 2. The van der Waals surface area contributed by atoms with Crippen LogP contribution in [0.15, 0.2) is 17.2 Å². The first-order valence-electron chi connectivity index (χ1n) is 5.73. The Bertz CT molecular complexity index is 648. The predicted octanol–water partition coefficient (Wildman–Crippen LogP) is 2.45. The molecule has 0 saturated carbocycles. The Morgan fingerprint density at radius 1 is 1.33 bits per heavy atom. The highest BCUT2D eigenvalue weighted by molar-refractivity contribution is 14.1. The van der Waals surface area contributed by atoms with Gasteiger partial charge in [0.2, 0.25) is 0 Å². The van der Waals surface area contributed by atoms with Gasteiger partial charge in [-0.15, -0.1) is 0 Å². The molecule has 2 heterocycles. The van der Waals surface area contributed by atoms with Crippen molar-refractivity contribution in [2.24, 2.45) is 0 Å². The van der Waals surface area contributed by atoms with Crippen LogP contribution in [0, 0.1) is 0 Å². The molecule has 1 atom stereocenters. The standard InChI is InChI=1S/C12H15IN4O/c1-6(2)17-11-9(10(14)15-5-16-11)4-8(7(3)13)12(17)18/h4-7H,1-3H3,(H2,14,15,16). The van der Waals surface area contributed by atoms with Crippen molar-refractivity contribution in [1.29, 1.82) is 0 Å². The maximum absolute atomic E-state index is 12.4. The van der Waals surface area contributed by atoms with Gasteiger partial charge >= 0.3 is 0 Å². The molecule has 96 valence electrons. The number of fused-ring (bicyclic) bond motifs is 1.